The average Bonchev–Trinajstić information content (AvgIpc) is 2.50. The molecule has 1 atom stereocenters. The Morgan fingerprint density at radius 3 is 2.35 bits per heavy atom. The van der Waals surface area contributed by atoms with E-state index in [1.807, 2.05) is 31.3 Å². The summed E-state index contributed by atoms with van der Waals surface area (Å²) in [6.07, 6.45) is 0. The summed E-state index contributed by atoms with van der Waals surface area (Å²) in [5.74, 6) is 1.62. The molecule has 0 aliphatic rings. The average molecular weight is 383 g/mol. The van der Waals surface area contributed by atoms with Crippen LogP contribution in [0, 0.1) is 3.57 Å². The molecule has 1 unspecified atom stereocenters. The van der Waals surface area contributed by atoms with E-state index < -0.39 is 0 Å². The van der Waals surface area contributed by atoms with E-state index in [4.69, 9.17) is 9.47 Å². The zero-order valence-corrected chi connectivity index (χ0v) is 14.0. The van der Waals surface area contributed by atoms with Gasteiger partial charge in [0.2, 0.25) is 0 Å². The Morgan fingerprint density at radius 2 is 1.75 bits per heavy atom. The van der Waals surface area contributed by atoms with Crippen molar-refractivity contribution in [3.05, 3.63) is 57.2 Å². The monoisotopic (exact) mass is 383 g/mol. The molecule has 2 aromatic carbocycles. The third kappa shape index (κ3) is 3.07. The second-order valence-corrected chi connectivity index (χ2v) is 5.51. The van der Waals surface area contributed by atoms with E-state index >= 15 is 0 Å². The van der Waals surface area contributed by atoms with Crippen LogP contribution in [0.3, 0.4) is 0 Å². The van der Waals surface area contributed by atoms with E-state index in [-0.39, 0.29) is 6.04 Å². The Balaban J connectivity index is 2.49. The first-order valence-electron chi connectivity index (χ1n) is 6.35. The summed E-state index contributed by atoms with van der Waals surface area (Å²) < 4.78 is 12.0. The number of rotatable bonds is 5. The summed E-state index contributed by atoms with van der Waals surface area (Å²) in [4.78, 5) is 0. The van der Waals surface area contributed by atoms with Gasteiger partial charge in [-0.1, -0.05) is 18.2 Å². The van der Waals surface area contributed by atoms with Crippen LogP contribution >= 0.6 is 22.6 Å². The molecular formula is C16H18INO2. The number of nitrogens with one attached hydrogen (secondary N) is 1. The molecule has 0 amide bonds. The molecular weight excluding hydrogens is 365 g/mol. The fourth-order valence-electron chi connectivity index (χ4n) is 2.24. The molecule has 0 saturated carbocycles. The van der Waals surface area contributed by atoms with E-state index in [0.717, 1.165) is 17.1 Å². The van der Waals surface area contributed by atoms with Gasteiger partial charge in [-0.05, 0) is 53.4 Å². The van der Waals surface area contributed by atoms with Crippen molar-refractivity contribution in [3.8, 4) is 11.5 Å². The van der Waals surface area contributed by atoms with E-state index in [1.54, 1.807) is 14.2 Å². The van der Waals surface area contributed by atoms with E-state index in [1.165, 1.54) is 9.13 Å². The second kappa shape index (κ2) is 6.95. The topological polar surface area (TPSA) is 30.5 Å². The number of hydrogen-bond donors (Lipinski definition) is 1. The van der Waals surface area contributed by atoms with Crippen molar-refractivity contribution in [3.63, 3.8) is 0 Å². The predicted octanol–water partition coefficient (Wildman–Crippen LogP) is 3.62. The minimum Gasteiger partial charge on any atom is -0.497 e. The molecule has 0 aliphatic carbocycles. The van der Waals surface area contributed by atoms with Crippen LogP contribution in [0.25, 0.3) is 0 Å². The minimum atomic E-state index is 0.0870. The maximum Gasteiger partial charge on any atom is 0.127 e. The zero-order valence-electron chi connectivity index (χ0n) is 11.8. The van der Waals surface area contributed by atoms with Crippen LogP contribution < -0.4 is 14.8 Å². The summed E-state index contributed by atoms with van der Waals surface area (Å²) in [7, 11) is 5.29. The van der Waals surface area contributed by atoms with Gasteiger partial charge < -0.3 is 14.8 Å². The van der Waals surface area contributed by atoms with Crippen LogP contribution in [0.5, 0.6) is 11.5 Å². The van der Waals surface area contributed by atoms with Gasteiger partial charge in [0.05, 0.1) is 20.3 Å². The third-order valence-electron chi connectivity index (χ3n) is 3.26. The number of methoxy groups -OCH3 is 2. The lowest BCUT2D eigenvalue weighted by Crippen LogP contribution is -2.19. The molecule has 4 heteroatoms. The summed E-state index contributed by atoms with van der Waals surface area (Å²) in [6, 6.07) is 14.3. The van der Waals surface area contributed by atoms with Gasteiger partial charge in [0.15, 0.2) is 0 Å². The molecule has 0 bridgehead atoms. The Labute approximate surface area is 133 Å². The number of ether oxygens (including phenoxy) is 2. The molecule has 0 aromatic heterocycles. The first-order valence-corrected chi connectivity index (χ1v) is 7.42. The second-order valence-electron chi connectivity index (χ2n) is 4.35. The highest BCUT2D eigenvalue weighted by Gasteiger charge is 2.19. The Kier molecular flexibility index (Phi) is 5.25. The summed E-state index contributed by atoms with van der Waals surface area (Å²) in [6.45, 7) is 0. The Bertz CT molecular complexity index is 586. The number of hydrogen-bond acceptors (Lipinski definition) is 3. The maximum atomic E-state index is 5.51. The van der Waals surface area contributed by atoms with Gasteiger partial charge in [0.1, 0.15) is 11.5 Å². The molecule has 1 N–H and O–H groups in total. The van der Waals surface area contributed by atoms with Gasteiger partial charge >= 0.3 is 0 Å². The van der Waals surface area contributed by atoms with Crippen LogP contribution in [-0.2, 0) is 0 Å². The van der Waals surface area contributed by atoms with Crippen LogP contribution in [0.15, 0.2) is 42.5 Å². The van der Waals surface area contributed by atoms with Gasteiger partial charge in [0, 0.05) is 15.2 Å². The fraction of sp³-hybridized carbons (Fsp3) is 0.250. The molecule has 0 aliphatic heterocycles. The number of benzene rings is 2. The predicted molar refractivity (Wildman–Crippen MR) is 89.6 cm³/mol. The van der Waals surface area contributed by atoms with Crippen molar-refractivity contribution in [2.24, 2.45) is 0 Å². The lowest BCUT2D eigenvalue weighted by Gasteiger charge is -2.21. The molecule has 2 aromatic rings. The molecule has 0 fully saturated rings. The molecule has 0 radical (unpaired) electrons. The molecule has 0 saturated heterocycles. The third-order valence-corrected chi connectivity index (χ3v) is 4.24. The largest absolute Gasteiger partial charge is 0.497 e. The minimum absolute atomic E-state index is 0.0870. The van der Waals surface area contributed by atoms with E-state index in [2.05, 4.69) is 46.1 Å². The standard InChI is InChI=1S/C16H18INO2/c1-18-16(12-6-4-5-7-14(12)17)13-9-8-11(19-2)10-15(13)20-3/h4-10,16,18H,1-3H3. The van der Waals surface area contributed by atoms with Gasteiger partial charge in [-0.3, -0.25) is 0 Å². The first-order chi connectivity index (χ1) is 9.71. The van der Waals surface area contributed by atoms with Crippen LogP contribution in [-0.4, -0.2) is 21.3 Å². The fourth-order valence-corrected chi connectivity index (χ4v) is 2.94. The molecule has 106 valence electrons. The highest BCUT2D eigenvalue weighted by Crippen LogP contribution is 2.34. The van der Waals surface area contributed by atoms with Gasteiger partial charge in [-0.25, -0.2) is 0 Å². The first kappa shape index (κ1) is 15.1. The highest BCUT2D eigenvalue weighted by molar-refractivity contribution is 14.1. The van der Waals surface area contributed by atoms with Crippen molar-refractivity contribution < 1.29 is 9.47 Å². The van der Waals surface area contributed by atoms with Crippen molar-refractivity contribution in [1.29, 1.82) is 0 Å². The summed E-state index contributed by atoms with van der Waals surface area (Å²) >= 11 is 2.36. The van der Waals surface area contributed by atoms with Crippen LogP contribution in [0.4, 0.5) is 0 Å². The van der Waals surface area contributed by atoms with Crippen molar-refractivity contribution in [1.82, 2.24) is 5.32 Å². The highest BCUT2D eigenvalue weighted by atomic mass is 127. The zero-order chi connectivity index (χ0) is 14.5. The Hall–Kier alpha value is -1.27. The number of halogens is 1. The van der Waals surface area contributed by atoms with Crippen molar-refractivity contribution in [2.45, 2.75) is 6.04 Å². The van der Waals surface area contributed by atoms with Crippen LogP contribution in [0.2, 0.25) is 0 Å². The molecule has 0 spiro atoms. The molecule has 3 nitrogen and oxygen atoms in total. The van der Waals surface area contributed by atoms with Gasteiger partial charge in [-0.15, -0.1) is 0 Å². The van der Waals surface area contributed by atoms with Crippen LogP contribution in [0.1, 0.15) is 17.2 Å². The summed E-state index contributed by atoms with van der Waals surface area (Å²) in [5.41, 5.74) is 2.33. The molecule has 0 heterocycles. The quantitative estimate of drug-likeness (QED) is 0.801. The summed E-state index contributed by atoms with van der Waals surface area (Å²) in [5, 5.41) is 3.36. The van der Waals surface area contributed by atoms with E-state index in [0.29, 0.717) is 0 Å². The van der Waals surface area contributed by atoms with E-state index in [9.17, 15) is 0 Å². The SMILES string of the molecule is CNC(c1ccccc1I)c1ccc(OC)cc1OC. The maximum absolute atomic E-state index is 5.51. The molecule has 20 heavy (non-hydrogen) atoms. The van der Waals surface area contributed by atoms with Gasteiger partial charge in [0.25, 0.3) is 0 Å². The van der Waals surface area contributed by atoms with Gasteiger partial charge in [-0.2, -0.15) is 0 Å². The lowest BCUT2D eigenvalue weighted by molar-refractivity contribution is 0.388. The van der Waals surface area contributed by atoms with Crippen molar-refractivity contribution >= 4 is 22.6 Å². The normalized spacial score (nSPS) is 12.0. The van der Waals surface area contributed by atoms with Crippen molar-refractivity contribution in [2.75, 3.05) is 21.3 Å². The smallest absolute Gasteiger partial charge is 0.127 e. The lowest BCUT2D eigenvalue weighted by atomic mass is 9.98. The molecule has 2 rings (SSSR count). The Morgan fingerprint density at radius 1 is 1.00 bits per heavy atom.